The van der Waals surface area contributed by atoms with Crippen LogP contribution in [0.3, 0.4) is 0 Å². The normalized spacial score (nSPS) is 22.1. The molecule has 29 heavy (non-hydrogen) atoms. The number of aliphatic imine (C=N–C) groups is 1. The van der Waals surface area contributed by atoms with E-state index in [0.29, 0.717) is 5.92 Å². The molecule has 0 spiro atoms. The van der Waals surface area contributed by atoms with E-state index in [-0.39, 0.29) is 11.2 Å². The van der Waals surface area contributed by atoms with E-state index in [9.17, 15) is 4.39 Å². The lowest BCUT2D eigenvalue weighted by molar-refractivity contribution is 0.287. The average molecular weight is 398 g/mol. The molecule has 1 saturated heterocycles. The second kappa shape index (κ2) is 8.56. The summed E-state index contributed by atoms with van der Waals surface area (Å²) in [5, 5.41) is 7.97. The van der Waals surface area contributed by atoms with E-state index in [1.165, 1.54) is 30.9 Å². The molecule has 1 unspecified atom stereocenters. The number of aryl methyl sites for hydroxylation is 1. The second-order valence-electron chi connectivity index (χ2n) is 8.63. The molecule has 1 atom stereocenters. The predicted octanol–water partition coefficient (Wildman–Crippen LogP) is 3.83. The lowest BCUT2D eigenvalue weighted by Gasteiger charge is -2.39. The van der Waals surface area contributed by atoms with Gasteiger partial charge in [0.25, 0.3) is 0 Å². The van der Waals surface area contributed by atoms with Gasteiger partial charge in [0, 0.05) is 51.3 Å². The highest BCUT2D eigenvalue weighted by Gasteiger charge is 2.35. The number of aromatic nitrogens is 2. The number of rotatable bonds is 4. The van der Waals surface area contributed by atoms with Gasteiger partial charge in [-0.25, -0.2) is 4.39 Å². The zero-order valence-electron chi connectivity index (χ0n) is 17.6. The summed E-state index contributed by atoms with van der Waals surface area (Å²) in [6, 6.07) is 7.20. The molecule has 156 valence electrons. The van der Waals surface area contributed by atoms with Gasteiger partial charge in [-0.3, -0.25) is 9.67 Å². The molecular weight excluding hydrogens is 365 g/mol. The van der Waals surface area contributed by atoms with Gasteiger partial charge in [-0.05, 0) is 42.5 Å². The lowest BCUT2D eigenvalue weighted by Crippen LogP contribution is -2.47. The van der Waals surface area contributed by atoms with E-state index in [1.807, 2.05) is 31.0 Å². The predicted molar refractivity (Wildman–Crippen MR) is 115 cm³/mol. The summed E-state index contributed by atoms with van der Waals surface area (Å²) >= 11 is 0. The van der Waals surface area contributed by atoms with E-state index in [4.69, 9.17) is 0 Å². The highest BCUT2D eigenvalue weighted by Crippen LogP contribution is 2.39. The largest absolute Gasteiger partial charge is 0.355 e. The Kier molecular flexibility index (Phi) is 5.88. The van der Waals surface area contributed by atoms with Gasteiger partial charge in [-0.2, -0.15) is 5.10 Å². The molecule has 5 nitrogen and oxygen atoms in total. The molecule has 2 heterocycles. The molecule has 4 rings (SSSR count). The van der Waals surface area contributed by atoms with Crippen molar-refractivity contribution in [3.63, 3.8) is 0 Å². The Morgan fingerprint density at radius 3 is 2.83 bits per heavy atom. The van der Waals surface area contributed by atoms with Crippen LogP contribution < -0.4 is 5.32 Å². The van der Waals surface area contributed by atoms with Crippen molar-refractivity contribution < 1.29 is 4.39 Å². The Labute approximate surface area is 173 Å². The summed E-state index contributed by atoms with van der Waals surface area (Å²) in [6.45, 7) is 2.75. The van der Waals surface area contributed by atoms with Crippen molar-refractivity contribution in [3.05, 3.63) is 53.6 Å². The molecule has 2 aromatic rings. The van der Waals surface area contributed by atoms with Crippen LogP contribution in [0.4, 0.5) is 4.39 Å². The Bertz CT molecular complexity index is 852. The molecule has 1 aromatic heterocycles. The second-order valence-corrected chi connectivity index (χ2v) is 8.63. The maximum Gasteiger partial charge on any atom is 0.193 e. The smallest absolute Gasteiger partial charge is 0.193 e. The van der Waals surface area contributed by atoms with Gasteiger partial charge in [0.05, 0.1) is 6.20 Å². The van der Waals surface area contributed by atoms with Crippen LogP contribution in [0.1, 0.15) is 55.6 Å². The number of likely N-dealkylation sites (tertiary alicyclic amines) is 1. The summed E-state index contributed by atoms with van der Waals surface area (Å²) in [6.07, 6.45) is 11.1. The first kappa shape index (κ1) is 19.9. The summed E-state index contributed by atoms with van der Waals surface area (Å²) in [5.41, 5.74) is 2.41. The molecule has 0 amide bonds. The van der Waals surface area contributed by atoms with Crippen LogP contribution in [0.2, 0.25) is 0 Å². The van der Waals surface area contributed by atoms with E-state index in [1.54, 1.807) is 6.07 Å². The van der Waals surface area contributed by atoms with Crippen LogP contribution in [0.15, 0.2) is 41.7 Å². The van der Waals surface area contributed by atoms with Crippen molar-refractivity contribution in [3.8, 4) is 0 Å². The summed E-state index contributed by atoms with van der Waals surface area (Å²) < 4.78 is 15.8. The van der Waals surface area contributed by atoms with E-state index < -0.39 is 0 Å². The Hall–Kier alpha value is -2.37. The summed E-state index contributed by atoms with van der Waals surface area (Å²) in [7, 11) is 3.82. The number of nitrogens with zero attached hydrogens (tertiary/aromatic N) is 4. The van der Waals surface area contributed by atoms with Crippen molar-refractivity contribution in [2.75, 3.05) is 26.7 Å². The van der Waals surface area contributed by atoms with Gasteiger partial charge in [0.2, 0.25) is 0 Å². The van der Waals surface area contributed by atoms with Crippen LogP contribution in [0, 0.1) is 5.82 Å². The third-order valence-corrected chi connectivity index (χ3v) is 6.73. The first-order valence-electron chi connectivity index (χ1n) is 10.8. The zero-order chi connectivity index (χ0) is 20.3. The topological polar surface area (TPSA) is 45.5 Å². The van der Waals surface area contributed by atoms with Crippen molar-refractivity contribution in [2.45, 2.75) is 49.9 Å². The molecule has 2 fully saturated rings. The number of nitrogens with one attached hydrogen (secondary N) is 1. The summed E-state index contributed by atoms with van der Waals surface area (Å²) in [5.74, 6) is 1.31. The van der Waals surface area contributed by atoms with Gasteiger partial charge in [0.15, 0.2) is 5.96 Å². The first-order valence-corrected chi connectivity index (χ1v) is 10.8. The molecule has 1 aromatic carbocycles. The van der Waals surface area contributed by atoms with Crippen LogP contribution in [-0.2, 0) is 12.5 Å². The molecule has 2 aliphatic rings. The average Bonchev–Trinajstić information content (AvgIpc) is 3.38. The van der Waals surface area contributed by atoms with Gasteiger partial charge in [0.1, 0.15) is 5.82 Å². The van der Waals surface area contributed by atoms with Gasteiger partial charge < -0.3 is 10.2 Å². The zero-order valence-corrected chi connectivity index (χ0v) is 17.6. The minimum Gasteiger partial charge on any atom is -0.355 e. The van der Waals surface area contributed by atoms with Gasteiger partial charge in [-0.15, -0.1) is 0 Å². The standard InChI is InChI=1S/C23H32FN5/c1-25-22(29-12-9-18(16-29)19-14-27-28(2)15-19)26-17-23(10-4-3-5-11-23)20-7-6-8-21(24)13-20/h6-8,13-15,18H,3-5,9-12,16-17H2,1-2H3,(H,25,26). The number of guanidine groups is 1. The van der Waals surface area contributed by atoms with Crippen molar-refractivity contribution >= 4 is 5.96 Å². The summed E-state index contributed by atoms with van der Waals surface area (Å²) in [4.78, 5) is 6.91. The fourth-order valence-electron chi connectivity index (χ4n) is 5.07. The van der Waals surface area contributed by atoms with E-state index in [2.05, 4.69) is 32.6 Å². The van der Waals surface area contributed by atoms with Gasteiger partial charge >= 0.3 is 0 Å². The van der Waals surface area contributed by atoms with Crippen molar-refractivity contribution in [2.24, 2.45) is 12.0 Å². The minimum atomic E-state index is -0.143. The Balaban J connectivity index is 1.45. The van der Waals surface area contributed by atoms with Crippen molar-refractivity contribution in [1.29, 1.82) is 0 Å². The molecule has 1 aliphatic heterocycles. The maximum atomic E-state index is 13.9. The molecule has 0 bridgehead atoms. The number of hydrogen-bond acceptors (Lipinski definition) is 2. The number of halogens is 1. The Morgan fingerprint density at radius 1 is 1.31 bits per heavy atom. The van der Waals surface area contributed by atoms with Crippen LogP contribution in [-0.4, -0.2) is 47.3 Å². The molecule has 1 N–H and O–H groups in total. The molecule has 1 saturated carbocycles. The minimum absolute atomic E-state index is 0.0151. The Morgan fingerprint density at radius 2 is 2.14 bits per heavy atom. The number of hydrogen-bond donors (Lipinski definition) is 1. The quantitative estimate of drug-likeness (QED) is 0.630. The van der Waals surface area contributed by atoms with Crippen LogP contribution >= 0.6 is 0 Å². The molecule has 1 aliphatic carbocycles. The highest BCUT2D eigenvalue weighted by atomic mass is 19.1. The fourth-order valence-corrected chi connectivity index (χ4v) is 5.07. The van der Waals surface area contributed by atoms with Crippen molar-refractivity contribution in [1.82, 2.24) is 20.0 Å². The fraction of sp³-hybridized carbons (Fsp3) is 0.565. The molecule has 0 radical (unpaired) electrons. The lowest BCUT2D eigenvalue weighted by atomic mass is 9.69. The SMILES string of the molecule is CN=C(NCC1(c2cccc(F)c2)CCCCC1)N1CCC(c2cnn(C)c2)C1. The molecule has 6 heteroatoms. The van der Waals surface area contributed by atoms with Crippen LogP contribution in [0.5, 0.6) is 0 Å². The highest BCUT2D eigenvalue weighted by molar-refractivity contribution is 5.80. The van der Waals surface area contributed by atoms with Crippen LogP contribution in [0.25, 0.3) is 0 Å². The number of benzene rings is 1. The van der Waals surface area contributed by atoms with E-state index in [0.717, 1.165) is 50.4 Å². The first-order chi connectivity index (χ1) is 14.1. The van der Waals surface area contributed by atoms with Gasteiger partial charge in [-0.1, -0.05) is 31.4 Å². The maximum absolute atomic E-state index is 13.9. The molecular formula is C23H32FN5. The third kappa shape index (κ3) is 4.31. The van der Waals surface area contributed by atoms with E-state index >= 15 is 0 Å². The third-order valence-electron chi connectivity index (χ3n) is 6.73. The monoisotopic (exact) mass is 397 g/mol.